The highest BCUT2D eigenvalue weighted by Crippen LogP contribution is 2.19. The van der Waals surface area contributed by atoms with Gasteiger partial charge in [-0.05, 0) is 18.4 Å². The third-order valence-corrected chi connectivity index (χ3v) is 4.41. The first-order valence-electron chi connectivity index (χ1n) is 6.71. The number of benzene rings is 1. The van der Waals surface area contributed by atoms with Crippen molar-refractivity contribution in [2.45, 2.75) is 38.6 Å². The quantitative estimate of drug-likeness (QED) is 0.733. The maximum atomic E-state index is 12.0. The molecule has 6 heteroatoms. The highest BCUT2D eigenvalue weighted by Gasteiger charge is 2.19. The molecule has 0 aromatic heterocycles. The van der Waals surface area contributed by atoms with Crippen molar-refractivity contribution in [3.05, 3.63) is 35.9 Å². The largest absolute Gasteiger partial charge is 0.481 e. The molecular formula is C14H21NO4S. The summed E-state index contributed by atoms with van der Waals surface area (Å²) in [7, 11) is -3.38. The van der Waals surface area contributed by atoms with Crippen LogP contribution in [-0.2, 0) is 14.8 Å². The average molecular weight is 299 g/mol. The van der Waals surface area contributed by atoms with Gasteiger partial charge in [0, 0.05) is 12.5 Å². The van der Waals surface area contributed by atoms with Crippen LogP contribution in [0.1, 0.15) is 44.2 Å². The maximum Gasteiger partial charge on any atom is 0.303 e. The average Bonchev–Trinajstić information content (AvgIpc) is 2.42. The van der Waals surface area contributed by atoms with Gasteiger partial charge in [-0.1, -0.05) is 43.7 Å². The monoisotopic (exact) mass is 299 g/mol. The second kappa shape index (κ2) is 8.01. The fourth-order valence-electron chi connectivity index (χ4n) is 1.86. The van der Waals surface area contributed by atoms with E-state index in [0.717, 1.165) is 12.0 Å². The van der Waals surface area contributed by atoms with E-state index in [1.165, 1.54) is 0 Å². The van der Waals surface area contributed by atoms with E-state index in [1.54, 1.807) is 12.1 Å². The summed E-state index contributed by atoms with van der Waals surface area (Å²) >= 11 is 0. The smallest absolute Gasteiger partial charge is 0.303 e. The Kier molecular flexibility index (Phi) is 6.67. The second-order valence-electron chi connectivity index (χ2n) is 4.69. The van der Waals surface area contributed by atoms with Gasteiger partial charge in [0.25, 0.3) is 0 Å². The van der Waals surface area contributed by atoms with Crippen LogP contribution in [-0.4, -0.2) is 25.2 Å². The third-order valence-electron chi connectivity index (χ3n) is 2.94. The van der Waals surface area contributed by atoms with Gasteiger partial charge in [0.1, 0.15) is 0 Å². The number of hydrogen-bond acceptors (Lipinski definition) is 3. The topological polar surface area (TPSA) is 83.5 Å². The first-order chi connectivity index (χ1) is 9.44. The van der Waals surface area contributed by atoms with Gasteiger partial charge in [-0.2, -0.15) is 0 Å². The molecule has 0 fully saturated rings. The normalized spacial score (nSPS) is 13.1. The summed E-state index contributed by atoms with van der Waals surface area (Å²) in [6, 6.07) is 8.56. The maximum absolute atomic E-state index is 12.0. The molecule has 0 bridgehead atoms. The molecular weight excluding hydrogens is 278 g/mol. The zero-order valence-corrected chi connectivity index (χ0v) is 12.4. The fraction of sp³-hybridized carbons (Fsp3) is 0.500. The van der Waals surface area contributed by atoms with E-state index < -0.39 is 22.0 Å². The van der Waals surface area contributed by atoms with E-state index in [9.17, 15) is 13.2 Å². The minimum Gasteiger partial charge on any atom is -0.481 e. The van der Waals surface area contributed by atoms with E-state index in [1.807, 2.05) is 25.1 Å². The van der Waals surface area contributed by atoms with Crippen LogP contribution in [0.5, 0.6) is 0 Å². The Hall–Kier alpha value is -1.40. The van der Waals surface area contributed by atoms with Crippen LogP contribution in [0, 0.1) is 0 Å². The van der Waals surface area contributed by atoms with Crippen molar-refractivity contribution in [2.75, 3.05) is 5.75 Å². The standard InChI is InChI=1S/C14H21NO4S/c1-2-3-11-20(18,19)15-13(9-10-14(16)17)12-7-5-4-6-8-12/h4-8,13,15H,2-3,9-11H2,1H3,(H,16,17). The molecule has 0 saturated carbocycles. The lowest BCUT2D eigenvalue weighted by atomic mass is 10.0. The van der Waals surface area contributed by atoms with E-state index in [0.29, 0.717) is 6.42 Å². The van der Waals surface area contributed by atoms with Crippen LogP contribution in [0.2, 0.25) is 0 Å². The Morgan fingerprint density at radius 3 is 2.50 bits per heavy atom. The number of carboxylic acids is 1. The fourth-order valence-corrected chi connectivity index (χ4v) is 3.33. The summed E-state index contributed by atoms with van der Waals surface area (Å²) in [5, 5.41) is 8.77. The van der Waals surface area contributed by atoms with Gasteiger partial charge in [-0.25, -0.2) is 13.1 Å². The number of unbranched alkanes of at least 4 members (excludes halogenated alkanes) is 1. The Balaban J connectivity index is 2.80. The molecule has 1 unspecified atom stereocenters. The molecule has 112 valence electrons. The summed E-state index contributed by atoms with van der Waals surface area (Å²) < 4.78 is 26.5. The Labute approximate surface area is 120 Å². The number of rotatable bonds is 9. The van der Waals surface area contributed by atoms with Crippen molar-refractivity contribution in [2.24, 2.45) is 0 Å². The third kappa shape index (κ3) is 6.16. The van der Waals surface area contributed by atoms with Crippen LogP contribution in [0.15, 0.2) is 30.3 Å². The minimum absolute atomic E-state index is 0.0694. The summed E-state index contributed by atoms with van der Waals surface area (Å²) in [5.41, 5.74) is 0.786. The molecule has 1 rings (SSSR count). The first-order valence-corrected chi connectivity index (χ1v) is 8.36. The summed E-state index contributed by atoms with van der Waals surface area (Å²) in [5.74, 6) is -0.862. The van der Waals surface area contributed by atoms with Gasteiger partial charge in [0.05, 0.1) is 5.75 Å². The zero-order valence-electron chi connectivity index (χ0n) is 11.6. The zero-order chi connectivity index (χ0) is 15.0. The number of carbonyl (C=O) groups is 1. The van der Waals surface area contributed by atoms with Gasteiger partial charge in [0.2, 0.25) is 10.0 Å². The lowest BCUT2D eigenvalue weighted by Crippen LogP contribution is -2.31. The molecule has 20 heavy (non-hydrogen) atoms. The molecule has 2 N–H and O–H groups in total. The van der Waals surface area contributed by atoms with Crippen molar-refractivity contribution in [3.63, 3.8) is 0 Å². The van der Waals surface area contributed by atoms with Crippen LogP contribution in [0.4, 0.5) is 0 Å². The van der Waals surface area contributed by atoms with E-state index >= 15 is 0 Å². The molecule has 0 aliphatic rings. The molecule has 0 amide bonds. The lowest BCUT2D eigenvalue weighted by Gasteiger charge is -2.18. The van der Waals surface area contributed by atoms with Crippen molar-refractivity contribution < 1.29 is 18.3 Å². The summed E-state index contributed by atoms with van der Waals surface area (Å²) in [4.78, 5) is 10.7. The predicted octanol–water partition coefficient (Wildman–Crippen LogP) is 2.31. The van der Waals surface area contributed by atoms with E-state index in [-0.39, 0.29) is 18.6 Å². The molecule has 0 saturated heterocycles. The number of carboxylic acid groups (broad SMARTS) is 1. The Morgan fingerprint density at radius 1 is 1.30 bits per heavy atom. The lowest BCUT2D eigenvalue weighted by molar-refractivity contribution is -0.137. The Bertz CT molecular complexity index is 513. The van der Waals surface area contributed by atoms with Crippen molar-refractivity contribution >= 4 is 16.0 Å². The second-order valence-corrected chi connectivity index (χ2v) is 6.56. The van der Waals surface area contributed by atoms with Crippen LogP contribution < -0.4 is 4.72 Å². The van der Waals surface area contributed by atoms with Crippen molar-refractivity contribution in [1.29, 1.82) is 0 Å². The van der Waals surface area contributed by atoms with Crippen LogP contribution >= 0.6 is 0 Å². The number of sulfonamides is 1. The molecule has 0 aliphatic carbocycles. The Morgan fingerprint density at radius 2 is 1.95 bits per heavy atom. The molecule has 0 aliphatic heterocycles. The van der Waals surface area contributed by atoms with E-state index in [2.05, 4.69) is 4.72 Å². The van der Waals surface area contributed by atoms with Crippen molar-refractivity contribution in [1.82, 2.24) is 4.72 Å². The number of hydrogen-bond donors (Lipinski definition) is 2. The molecule has 0 spiro atoms. The number of nitrogens with one attached hydrogen (secondary N) is 1. The molecule has 1 atom stereocenters. The van der Waals surface area contributed by atoms with Gasteiger partial charge < -0.3 is 5.11 Å². The first kappa shape index (κ1) is 16.7. The molecule has 0 radical (unpaired) electrons. The van der Waals surface area contributed by atoms with Gasteiger partial charge >= 0.3 is 5.97 Å². The molecule has 5 nitrogen and oxygen atoms in total. The van der Waals surface area contributed by atoms with Gasteiger partial charge in [-0.15, -0.1) is 0 Å². The molecule has 1 aromatic carbocycles. The molecule has 0 heterocycles. The summed E-state index contributed by atoms with van der Waals surface area (Å²) in [6.07, 6.45) is 1.56. The van der Waals surface area contributed by atoms with Gasteiger partial charge in [0.15, 0.2) is 0 Å². The van der Waals surface area contributed by atoms with Gasteiger partial charge in [-0.3, -0.25) is 4.79 Å². The number of aliphatic carboxylic acids is 1. The van der Waals surface area contributed by atoms with E-state index in [4.69, 9.17) is 5.11 Å². The highest BCUT2D eigenvalue weighted by atomic mass is 32.2. The minimum atomic E-state index is -3.38. The predicted molar refractivity (Wildman–Crippen MR) is 77.9 cm³/mol. The van der Waals surface area contributed by atoms with Crippen LogP contribution in [0.25, 0.3) is 0 Å². The molecule has 1 aromatic rings. The van der Waals surface area contributed by atoms with Crippen LogP contribution in [0.3, 0.4) is 0 Å². The van der Waals surface area contributed by atoms with Crippen molar-refractivity contribution in [3.8, 4) is 0 Å². The summed E-state index contributed by atoms with van der Waals surface area (Å²) in [6.45, 7) is 1.93. The SMILES string of the molecule is CCCCS(=O)(=O)NC(CCC(=O)O)c1ccccc1. The highest BCUT2D eigenvalue weighted by molar-refractivity contribution is 7.89.